The third-order valence-electron chi connectivity index (χ3n) is 2.84. The minimum atomic E-state index is 0.839. The highest BCUT2D eigenvalue weighted by atomic mass is 14.3. The van der Waals surface area contributed by atoms with Crippen molar-refractivity contribution in [3.05, 3.63) is 23.8 Å². The second kappa shape index (κ2) is 2.84. The molecular formula is C11H16. The maximum absolute atomic E-state index is 2.47. The minimum absolute atomic E-state index is 0.839. The van der Waals surface area contributed by atoms with E-state index in [1.54, 1.807) is 5.57 Å². The van der Waals surface area contributed by atoms with Crippen molar-refractivity contribution in [3.63, 3.8) is 0 Å². The Bertz CT molecular complexity index is 198. The molecule has 0 aromatic rings. The van der Waals surface area contributed by atoms with Crippen LogP contribution in [-0.2, 0) is 0 Å². The highest BCUT2D eigenvalue weighted by molar-refractivity contribution is 5.26. The van der Waals surface area contributed by atoms with Crippen LogP contribution in [-0.4, -0.2) is 0 Å². The van der Waals surface area contributed by atoms with Gasteiger partial charge < -0.3 is 0 Å². The largest absolute Gasteiger partial charge is 0.0847 e. The molecule has 2 rings (SSSR count). The lowest BCUT2D eigenvalue weighted by Crippen LogP contribution is -1.91. The van der Waals surface area contributed by atoms with Gasteiger partial charge in [-0.05, 0) is 31.1 Å². The molecule has 2 aliphatic rings. The predicted octanol–water partition coefficient (Wildman–Crippen LogP) is 3.31. The number of allylic oxidation sites excluding steroid dienone is 4. The fourth-order valence-corrected chi connectivity index (χ4v) is 2.22. The summed E-state index contributed by atoms with van der Waals surface area (Å²) in [6.07, 6.45) is 12.6. The molecule has 0 N–H and O–H groups in total. The number of rotatable bonds is 2. The standard InChI is InChI=1S/C11H16/c1-2-3-4-10-7-9-5-6-11(10)8-9/h4-6,9,11H,2-3,7-8H2,1H3/b10-4+. The first-order chi connectivity index (χ1) is 5.40. The molecule has 2 atom stereocenters. The van der Waals surface area contributed by atoms with Gasteiger partial charge in [0.15, 0.2) is 0 Å². The molecule has 0 aromatic carbocycles. The van der Waals surface area contributed by atoms with Crippen LogP contribution in [0.25, 0.3) is 0 Å². The molecule has 0 radical (unpaired) electrons. The van der Waals surface area contributed by atoms with E-state index < -0.39 is 0 Å². The Morgan fingerprint density at radius 2 is 2.45 bits per heavy atom. The minimum Gasteiger partial charge on any atom is -0.0847 e. The Morgan fingerprint density at radius 1 is 1.55 bits per heavy atom. The summed E-state index contributed by atoms with van der Waals surface area (Å²) in [5.41, 5.74) is 1.72. The van der Waals surface area contributed by atoms with Crippen molar-refractivity contribution in [1.82, 2.24) is 0 Å². The Kier molecular flexibility index (Phi) is 1.85. The van der Waals surface area contributed by atoms with E-state index in [0.29, 0.717) is 0 Å². The zero-order valence-corrected chi connectivity index (χ0v) is 7.22. The van der Waals surface area contributed by atoms with Crippen LogP contribution in [0.3, 0.4) is 0 Å². The van der Waals surface area contributed by atoms with E-state index >= 15 is 0 Å². The van der Waals surface area contributed by atoms with Gasteiger partial charge in [-0.25, -0.2) is 0 Å². The third-order valence-corrected chi connectivity index (χ3v) is 2.84. The summed E-state index contributed by atoms with van der Waals surface area (Å²) in [6, 6.07) is 0. The molecule has 2 aliphatic carbocycles. The molecule has 60 valence electrons. The van der Waals surface area contributed by atoms with Gasteiger partial charge in [-0.3, -0.25) is 0 Å². The van der Waals surface area contributed by atoms with Crippen LogP contribution in [0.2, 0.25) is 0 Å². The Balaban J connectivity index is 2.02. The third kappa shape index (κ3) is 1.26. The first kappa shape index (κ1) is 7.15. The van der Waals surface area contributed by atoms with Crippen LogP contribution >= 0.6 is 0 Å². The monoisotopic (exact) mass is 148 g/mol. The quantitative estimate of drug-likeness (QED) is 0.527. The second-order valence-electron chi connectivity index (χ2n) is 3.76. The summed E-state index contributed by atoms with van der Waals surface area (Å²) in [4.78, 5) is 0. The summed E-state index contributed by atoms with van der Waals surface area (Å²) >= 11 is 0. The van der Waals surface area contributed by atoms with Gasteiger partial charge in [0.2, 0.25) is 0 Å². The predicted molar refractivity (Wildman–Crippen MR) is 48.3 cm³/mol. The molecule has 0 aliphatic heterocycles. The summed E-state index contributed by atoms with van der Waals surface area (Å²) in [7, 11) is 0. The maximum atomic E-state index is 2.47. The number of fused-ring (bicyclic) bond motifs is 2. The van der Waals surface area contributed by atoms with Crippen molar-refractivity contribution in [3.8, 4) is 0 Å². The average Bonchev–Trinajstić information content (AvgIpc) is 2.60. The van der Waals surface area contributed by atoms with Crippen molar-refractivity contribution in [2.24, 2.45) is 11.8 Å². The molecule has 0 heteroatoms. The van der Waals surface area contributed by atoms with Crippen molar-refractivity contribution in [2.45, 2.75) is 32.6 Å². The fraction of sp³-hybridized carbons (Fsp3) is 0.636. The second-order valence-corrected chi connectivity index (χ2v) is 3.76. The number of hydrogen-bond donors (Lipinski definition) is 0. The molecule has 0 heterocycles. The first-order valence-corrected chi connectivity index (χ1v) is 4.77. The van der Waals surface area contributed by atoms with Gasteiger partial charge in [0, 0.05) is 0 Å². The van der Waals surface area contributed by atoms with Crippen LogP contribution < -0.4 is 0 Å². The van der Waals surface area contributed by atoms with E-state index in [1.807, 2.05) is 0 Å². The fourth-order valence-electron chi connectivity index (χ4n) is 2.22. The van der Waals surface area contributed by atoms with E-state index in [0.717, 1.165) is 11.8 Å². The summed E-state index contributed by atoms with van der Waals surface area (Å²) in [5.74, 6) is 1.75. The van der Waals surface area contributed by atoms with E-state index in [2.05, 4.69) is 25.2 Å². The van der Waals surface area contributed by atoms with Crippen LogP contribution in [0.15, 0.2) is 23.8 Å². The maximum Gasteiger partial charge on any atom is -0.00173 e. The topological polar surface area (TPSA) is 0 Å². The molecule has 2 bridgehead atoms. The summed E-state index contributed by atoms with van der Waals surface area (Å²) in [6.45, 7) is 2.25. The van der Waals surface area contributed by atoms with E-state index in [4.69, 9.17) is 0 Å². The van der Waals surface area contributed by atoms with Crippen LogP contribution in [0.4, 0.5) is 0 Å². The Morgan fingerprint density at radius 3 is 3.00 bits per heavy atom. The van der Waals surface area contributed by atoms with Gasteiger partial charge >= 0.3 is 0 Å². The Labute approximate surface area is 69.0 Å². The van der Waals surface area contributed by atoms with Crippen molar-refractivity contribution >= 4 is 0 Å². The average molecular weight is 148 g/mol. The highest BCUT2D eigenvalue weighted by Gasteiger charge is 2.29. The SMILES string of the molecule is CCC/C=C1\CC2C=CC1C2. The normalized spacial score (nSPS) is 37.4. The van der Waals surface area contributed by atoms with Crippen LogP contribution in [0, 0.1) is 11.8 Å². The number of unbranched alkanes of at least 4 members (excludes halogenated alkanes) is 1. The molecule has 0 aromatic heterocycles. The molecule has 11 heavy (non-hydrogen) atoms. The zero-order chi connectivity index (χ0) is 7.68. The van der Waals surface area contributed by atoms with Gasteiger partial charge in [0.1, 0.15) is 0 Å². The molecular weight excluding hydrogens is 132 g/mol. The Hall–Kier alpha value is -0.520. The molecule has 1 fully saturated rings. The van der Waals surface area contributed by atoms with Crippen molar-refractivity contribution in [1.29, 1.82) is 0 Å². The molecule has 0 nitrogen and oxygen atoms in total. The smallest absolute Gasteiger partial charge is 0.00173 e. The summed E-state index contributed by atoms with van der Waals surface area (Å²) in [5, 5.41) is 0. The first-order valence-electron chi connectivity index (χ1n) is 4.77. The van der Waals surface area contributed by atoms with E-state index in [1.165, 1.54) is 25.7 Å². The zero-order valence-electron chi connectivity index (χ0n) is 7.22. The van der Waals surface area contributed by atoms with Gasteiger partial charge in [-0.15, -0.1) is 0 Å². The van der Waals surface area contributed by atoms with Gasteiger partial charge in [-0.1, -0.05) is 37.1 Å². The van der Waals surface area contributed by atoms with Gasteiger partial charge in [0.05, 0.1) is 0 Å². The molecule has 0 spiro atoms. The lowest BCUT2D eigenvalue weighted by Gasteiger charge is -2.06. The lowest BCUT2D eigenvalue weighted by atomic mass is 9.99. The van der Waals surface area contributed by atoms with E-state index in [-0.39, 0.29) is 0 Å². The van der Waals surface area contributed by atoms with Crippen LogP contribution in [0.5, 0.6) is 0 Å². The molecule has 1 saturated carbocycles. The van der Waals surface area contributed by atoms with Crippen LogP contribution in [0.1, 0.15) is 32.6 Å². The van der Waals surface area contributed by atoms with Gasteiger partial charge in [-0.2, -0.15) is 0 Å². The lowest BCUT2D eigenvalue weighted by molar-refractivity contribution is 0.693. The molecule has 2 unspecified atom stereocenters. The molecule has 0 saturated heterocycles. The van der Waals surface area contributed by atoms with Gasteiger partial charge in [0.25, 0.3) is 0 Å². The van der Waals surface area contributed by atoms with E-state index in [9.17, 15) is 0 Å². The number of hydrogen-bond acceptors (Lipinski definition) is 0. The summed E-state index contributed by atoms with van der Waals surface area (Å²) < 4.78 is 0. The van der Waals surface area contributed by atoms with Crippen molar-refractivity contribution < 1.29 is 0 Å². The molecule has 0 amide bonds. The highest BCUT2D eigenvalue weighted by Crippen LogP contribution is 2.42. The van der Waals surface area contributed by atoms with Crippen molar-refractivity contribution in [2.75, 3.05) is 0 Å².